The normalized spacial score (nSPS) is 14.3. The van der Waals surface area contributed by atoms with Crippen LogP contribution in [0.15, 0.2) is 66.7 Å². The smallest absolute Gasteiger partial charge is 0.224 e. The molecule has 6 aromatic rings. The highest BCUT2D eigenvalue weighted by Gasteiger charge is 2.18. The number of fused-ring (bicyclic) bond motifs is 2. The van der Waals surface area contributed by atoms with Gasteiger partial charge in [0.2, 0.25) is 5.91 Å². The van der Waals surface area contributed by atoms with Crippen LogP contribution >= 0.6 is 11.3 Å². The van der Waals surface area contributed by atoms with E-state index in [1.165, 1.54) is 4.88 Å². The molecule has 0 saturated carbocycles. The van der Waals surface area contributed by atoms with Crippen molar-refractivity contribution in [3.05, 3.63) is 66.7 Å². The average Bonchev–Trinajstić information content (AvgIpc) is 3.73. The number of H-pyrrole nitrogens is 2. The van der Waals surface area contributed by atoms with Crippen molar-refractivity contribution in [3.8, 4) is 33.1 Å². The molecule has 9 nitrogen and oxygen atoms in total. The molecule has 1 amide bonds. The molecule has 0 spiro atoms. The lowest BCUT2D eigenvalue weighted by molar-refractivity contribution is -0.117. The molecule has 10 heteroatoms. The second-order valence-electron chi connectivity index (χ2n) is 9.90. The Morgan fingerprint density at radius 2 is 1.90 bits per heavy atom. The summed E-state index contributed by atoms with van der Waals surface area (Å²) in [5.74, 6) is 0.449. The number of piperidine rings is 1. The number of aromatic nitrogens is 6. The summed E-state index contributed by atoms with van der Waals surface area (Å²) in [4.78, 5) is 30.8. The van der Waals surface area contributed by atoms with Gasteiger partial charge in [0.15, 0.2) is 0 Å². The maximum Gasteiger partial charge on any atom is 0.224 e. The topological polar surface area (TPSA) is 124 Å². The number of amides is 1. The molecule has 7 rings (SSSR count). The number of carbonyl (C=O) groups is 1. The number of hydrogen-bond acceptors (Lipinski definition) is 7. The second-order valence-corrected chi connectivity index (χ2v) is 10.9. The molecule has 0 aromatic carbocycles. The van der Waals surface area contributed by atoms with Gasteiger partial charge in [-0.2, -0.15) is 5.10 Å². The van der Waals surface area contributed by atoms with Gasteiger partial charge in [0.25, 0.3) is 0 Å². The third-order valence-corrected chi connectivity index (χ3v) is 8.19. The van der Waals surface area contributed by atoms with Crippen molar-refractivity contribution in [2.24, 2.45) is 5.92 Å². The van der Waals surface area contributed by atoms with Crippen LogP contribution in [0.25, 0.3) is 54.9 Å². The number of pyridine rings is 3. The lowest BCUT2D eigenvalue weighted by Crippen LogP contribution is -2.30. The van der Waals surface area contributed by atoms with Crippen molar-refractivity contribution in [2.75, 3.05) is 18.4 Å². The molecule has 0 aliphatic carbocycles. The summed E-state index contributed by atoms with van der Waals surface area (Å²) < 4.78 is 0. The van der Waals surface area contributed by atoms with Gasteiger partial charge in [-0.3, -0.25) is 24.8 Å². The first-order chi connectivity index (χ1) is 19.2. The Morgan fingerprint density at radius 1 is 1.00 bits per heavy atom. The predicted molar refractivity (Wildman–Crippen MR) is 154 cm³/mol. The lowest BCUT2D eigenvalue weighted by atomic mass is 9.94. The molecule has 1 aliphatic rings. The number of nitrogens with one attached hydrogen (secondary N) is 4. The van der Waals surface area contributed by atoms with E-state index in [2.05, 4.69) is 58.3 Å². The van der Waals surface area contributed by atoms with Crippen LogP contribution in [0.4, 0.5) is 5.69 Å². The van der Waals surface area contributed by atoms with Gasteiger partial charge in [0.05, 0.1) is 46.7 Å². The van der Waals surface area contributed by atoms with E-state index in [-0.39, 0.29) is 5.91 Å². The highest BCUT2D eigenvalue weighted by molar-refractivity contribution is 7.13. The van der Waals surface area contributed by atoms with Crippen molar-refractivity contribution < 1.29 is 4.79 Å². The van der Waals surface area contributed by atoms with Gasteiger partial charge in [-0.15, -0.1) is 11.3 Å². The number of nitrogens with zero attached hydrogens (tertiary/aromatic N) is 4. The first kappa shape index (κ1) is 23.7. The first-order valence-electron chi connectivity index (χ1n) is 13.0. The fourth-order valence-corrected chi connectivity index (χ4v) is 6.05. The third kappa shape index (κ3) is 4.68. The molecule has 1 aliphatic heterocycles. The Morgan fingerprint density at radius 3 is 2.77 bits per heavy atom. The summed E-state index contributed by atoms with van der Waals surface area (Å²) in [6.07, 6.45) is 11.6. The number of hydrogen-bond donors (Lipinski definition) is 4. The molecule has 194 valence electrons. The van der Waals surface area contributed by atoms with Gasteiger partial charge in [0, 0.05) is 45.6 Å². The van der Waals surface area contributed by atoms with Crippen LogP contribution in [0.5, 0.6) is 0 Å². The summed E-state index contributed by atoms with van der Waals surface area (Å²) in [7, 11) is 0. The Kier molecular flexibility index (Phi) is 6.10. The summed E-state index contributed by atoms with van der Waals surface area (Å²) in [6, 6.07) is 10.2. The van der Waals surface area contributed by atoms with Gasteiger partial charge < -0.3 is 15.6 Å². The van der Waals surface area contributed by atoms with Crippen LogP contribution in [-0.4, -0.2) is 49.1 Å². The van der Waals surface area contributed by atoms with Crippen LogP contribution in [0.1, 0.15) is 19.3 Å². The third-order valence-electron chi connectivity index (χ3n) is 7.29. The Balaban J connectivity index is 1.19. The monoisotopic (exact) mass is 534 g/mol. The van der Waals surface area contributed by atoms with Crippen molar-refractivity contribution in [1.29, 1.82) is 0 Å². The first-order valence-corrected chi connectivity index (χ1v) is 13.9. The minimum Gasteiger partial charge on any atom is -0.352 e. The summed E-state index contributed by atoms with van der Waals surface area (Å²) in [6.45, 7) is 1.95. The predicted octanol–water partition coefficient (Wildman–Crippen LogP) is 5.62. The molecule has 1 saturated heterocycles. The van der Waals surface area contributed by atoms with Crippen molar-refractivity contribution in [1.82, 2.24) is 35.5 Å². The molecule has 4 N–H and O–H groups in total. The molecule has 39 heavy (non-hydrogen) atoms. The maximum atomic E-state index is 12.6. The zero-order valence-corrected chi connectivity index (χ0v) is 21.9. The highest BCUT2D eigenvalue weighted by Crippen LogP contribution is 2.35. The van der Waals surface area contributed by atoms with Gasteiger partial charge in [-0.1, -0.05) is 6.07 Å². The maximum absolute atomic E-state index is 12.6. The zero-order chi connectivity index (χ0) is 26.2. The SMILES string of the molecule is O=C(CC1CCNCC1)Nc1cncc(-c2cc3c(-c4cc5c(-c6cccs6)cncc5[nH]4)n[nH]c3cn2)c1. The quantitative estimate of drug-likeness (QED) is 0.220. The van der Waals surface area contributed by atoms with E-state index in [0.29, 0.717) is 18.0 Å². The van der Waals surface area contributed by atoms with Gasteiger partial charge in [-0.25, -0.2) is 0 Å². The van der Waals surface area contributed by atoms with Crippen LogP contribution in [0, 0.1) is 5.92 Å². The highest BCUT2D eigenvalue weighted by atomic mass is 32.1. The molecule has 1 fully saturated rings. The Hall–Kier alpha value is -4.41. The molecule has 0 bridgehead atoms. The van der Waals surface area contributed by atoms with Crippen molar-refractivity contribution in [2.45, 2.75) is 19.3 Å². The molecular formula is C29H26N8OS. The van der Waals surface area contributed by atoms with E-state index in [1.54, 1.807) is 29.9 Å². The van der Waals surface area contributed by atoms with Crippen LogP contribution in [-0.2, 0) is 4.79 Å². The fraction of sp³-hybridized carbons (Fsp3) is 0.207. The minimum absolute atomic E-state index is 0.0246. The minimum atomic E-state index is 0.0246. The Labute approximate surface area is 228 Å². The second kappa shape index (κ2) is 10.0. The molecule has 0 unspecified atom stereocenters. The number of thiophene rings is 1. The summed E-state index contributed by atoms with van der Waals surface area (Å²) in [5.41, 5.74) is 6.84. The number of aromatic amines is 2. The van der Waals surface area contributed by atoms with Crippen LogP contribution in [0.3, 0.4) is 0 Å². The molecule has 7 heterocycles. The summed E-state index contributed by atoms with van der Waals surface area (Å²) in [5, 5.41) is 18.2. The number of carbonyl (C=O) groups excluding carboxylic acids is 1. The van der Waals surface area contributed by atoms with E-state index in [4.69, 9.17) is 0 Å². The Bertz CT molecular complexity index is 1780. The number of rotatable bonds is 6. The average molecular weight is 535 g/mol. The number of anilines is 1. The zero-order valence-electron chi connectivity index (χ0n) is 21.1. The molecule has 0 atom stereocenters. The van der Waals surface area contributed by atoms with Crippen molar-refractivity contribution >= 4 is 44.7 Å². The standard InChI is InChI=1S/C29H26N8OS/c38-28(8-17-3-5-30-6-4-17)34-19-9-18(12-31-13-19)23-11-21-26(16-33-23)36-37-29(21)24-10-20-22(27-2-1-7-39-27)14-32-15-25(20)35-24/h1-2,7,9-17,30,35H,3-6,8H2,(H,34,38)(H,36,37). The summed E-state index contributed by atoms with van der Waals surface area (Å²) >= 11 is 1.69. The van der Waals surface area contributed by atoms with E-state index in [0.717, 1.165) is 75.9 Å². The van der Waals surface area contributed by atoms with Gasteiger partial charge >= 0.3 is 0 Å². The van der Waals surface area contributed by atoms with Gasteiger partial charge in [0.1, 0.15) is 5.69 Å². The van der Waals surface area contributed by atoms with E-state index in [9.17, 15) is 4.79 Å². The van der Waals surface area contributed by atoms with Crippen LogP contribution in [0.2, 0.25) is 0 Å². The fourth-order valence-electron chi connectivity index (χ4n) is 5.30. The molecular weight excluding hydrogens is 508 g/mol. The van der Waals surface area contributed by atoms with E-state index in [1.807, 2.05) is 30.6 Å². The van der Waals surface area contributed by atoms with Crippen molar-refractivity contribution in [3.63, 3.8) is 0 Å². The largest absolute Gasteiger partial charge is 0.352 e. The van der Waals surface area contributed by atoms with Gasteiger partial charge in [-0.05, 0) is 61.5 Å². The molecule has 6 aromatic heterocycles. The van der Waals surface area contributed by atoms with E-state index >= 15 is 0 Å². The van der Waals surface area contributed by atoms with E-state index < -0.39 is 0 Å². The lowest BCUT2D eigenvalue weighted by Gasteiger charge is -2.21. The van der Waals surface area contributed by atoms with Crippen LogP contribution < -0.4 is 10.6 Å². The molecule has 0 radical (unpaired) electrons.